The molecular weight excluding hydrogens is 430 g/mol. The Bertz CT molecular complexity index is 89.7. The summed E-state index contributed by atoms with van der Waals surface area (Å²) < 4.78 is 4.71. The van der Waals surface area contributed by atoms with E-state index in [4.69, 9.17) is 0 Å². The van der Waals surface area contributed by atoms with Crippen LogP contribution in [0, 0.1) is 0 Å². The summed E-state index contributed by atoms with van der Waals surface area (Å²) in [5, 5.41) is 0. The molecule has 0 rings (SSSR count). The Hall–Kier alpha value is 1.60. The molecular formula is C16H35Sn2. The zero-order valence-corrected chi connectivity index (χ0v) is 18.9. The van der Waals surface area contributed by atoms with Crippen molar-refractivity contribution in [3.05, 3.63) is 0 Å². The van der Waals surface area contributed by atoms with Crippen molar-refractivity contribution in [2.45, 2.75) is 98.3 Å². The van der Waals surface area contributed by atoms with Crippen LogP contribution in [0.1, 0.15) is 85.0 Å². The van der Waals surface area contributed by atoms with Crippen LogP contribution in [0.3, 0.4) is 0 Å². The van der Waals surface area contributed by atoms with Gasteiger partial charge in [-0.15, -0.1) is 0 Å². The van der Waals surface area contributed by atoms with Gasteiger partial charge in [-0.2, -0.15) is 0 Å². The predicted octanol–water partition coefficient (Wildman–Crippen LogP) is 6.06. The van der Waals surface area contributed by atoms with E-state index < -0.39 is 0 Å². The van der Waals surface area contributed by atoms with Gasteiger partial charge in [0, 0.05) is 0 Å². The average Bonchev–Trinajstić information content (AvgIpc) is 2.39. The first-order valence-corrected chi connectivity index (χ1v) is 14.2. The molecule has 0 fully saturated rings. The molecule has 0 nitrogen and oxygen atoms in total. The maximum atomic E-state index is 2.29. The Balaban J connectivity index is 0. The third kappa shape index (κ3) is 26.2. The van der Waals surface area contributed by atoms with Gasteiger partial charge in [-0.25, -0.2) is 0 Å². The fourth-order valence-corrected chi connectivity index (χ4v) is 6.51. The van der Waals surface area contributed by atoms with Crippen LogP contribution in [0.5, 0.6) is 0 Å². The summed E-state index contributed by atoms with van der Waals surface area (Å²) in [6, 6.07) is 0. The molecule has 0 aromatic heterocycles. The zero-order valence-electron chi connectivity index (χ0n) is 13.2. The summed E-state index contributed by atoms with van der Waals surface area (Å²) in [5.74, 6) is 0. The third-order valence-electron chi connectivity index (χ3n) is 2.94. The summed E-state index contributed by atoms with van der Waals surface area (Å²) >= 11 is 1.86. The van der Waals surface area contributed by atoms with E-state index in [0.29, 0.717) is 0 Å². The molecule has 107 valence electrons. The van der Waals surface area contributed by atoms with E-state index in [9.17, 15) is 0 Å². The van der Waals surface area contributed by atoms with E-state index in [2.05, 4.69) is 20.8 Å². The van der Waals surface area contributed by atoms with E-state index in [1.165, 1.54) is 68.6 Å². The summed E-state index contributed by atoms with van der Waals surface area (Å²) in [5.41, 5.74) is 0. The fourth-order valence-electron chi connectivity index (χ4n) is 1.63. The van der Waals surface area contributed by atoms with E-state index in [-0.39, 0.29) is 21.1 Å². The molecule has 0 spiro atoms. The van der Waals surface area contributed by atoms with Crippen LogP contribution in [-0.2, 0) is 0 Å². The minimum atomic E-state index is 0.149. The SMILES string of the molecule is CCCCCCC[CH2][Sn].CCC[CH2][Sn][CH2]CCC. The van der Waals surface area contributed by atoms with Gasteiger partial charge >= 0.3 is 142 Å². The normalized spacial score (nSPS) is 10.0. The van der Waals surface area contributed by atoms with Crippen molar-refractivity contribution in [1.82, 2.24) is 0 Å². The van der Waals surface area contributed by atoms with Gasteiger partial charge in [0.15, 0.2) is 0 Å². The van der Waals surface area contributed by atoms with Gasteiger partial charge in [0.1, 0.15) is 0 Å². The first kappa shape index (κ1) is 21.9. The number of rotatable bonds is 12. The van der Waals surface area contributed by atoms with Crippen LogP contribution in [0.2, 0.25) is 13.3 Å². The summed E-state index contributed by atoms with van der Waals surface area (Å²) in [4.78, 5) is 0. The van der Waals surface area contributed by atoms with Crippen molar-refractivity contribution in [3.63, 3.8) is 0 Å². The predicted molar refractivity (Wildman–Crippen MR) is 89.1 cm³/mol. The Morgan fingerprint density at radius 3 is 1.50 bits per heavy atom. The van der Waals surface area contributed by atoms with E-state index in [0.717, 1.165) is 0 Å². The van der Waals surface area contributed by atoms with Crippen LogP contribution < -0.4 is 0 Å². The standard InChI is InChI=1S/C8H17.2C4H9.2Sn/c1-3-5-7-8-6-4-2;2*1-3-4-2;;/h1,3-8H2,2H3;2*1,3-4H2,2H3;;. The van der Waals surface area contributed by atoms with Crippen LogP contribution >= 0.6 is 0 Å². The third-order valence-corrected chi connectivity index (χ3v) is 7.99. The van der Waals surface area contributed by atoms with E-state index >= 15 is 0 Å². The van der Waals surface area contributed by atoms with Crippen molar-refractivity contribution in [1.29, 1.82) is 0 Å². The second-order valence-corrected chi connectivity index (χ2v) is 10.7. The molecule has 0 aromatic carbocycles. The van der Waals surface area contributed by atoms with Gasteiger partial charge in [-0.05, 0) is 0 Å². The number of unbranched alkanes of at least 4 members (excludes halogenated alkanes) is 7. The summed E-state index contributed by atoms with van der Waals surface area (Å²) in [6.07, 6.45) is 14.5. The Labute approximate surface area is 141 Å². The number of hydrogen-bond donors (Lipinski definition) is 0. The van der Waals surface area contributed by atoms with Crippen molar-refractivity contribution in [3.8, 4) is 0 Å². The van der Waals surface area contributed by atoms with Crippen molar-refractivity contribution < 1.29 is 0 Å². The van der Waals surface area contributed by atoms with Crippen LogP contribution in [-0.4, -0.2) is 43.7 Å². The molecule has 18 heavy (non-hydrogen) atoms. The fraction of sp³-hybridized carbons (Fsp3) is 1.00. The maximum absolute atomic E-state index is 2.29. The molecule has 0 aliphatic rings. The van der Waals surface area contributed by atoms with Gasteiger partial charge in [0.25, 0.3) is 0 Å². The summed E-state index contributed by atoms with van der Waals surface area (Å²) in [7, 11) is 0. The summed E-state index contributed by atoms with van der Waals surface area (Å²) in [6.45, 7) is 6.85. The molecule has 2 heteroatoms. The van der Waals surface area contributed by atoms with Crippen LogP contribution in [0.15, 0.2) is 0 Å². The Morgan fingerprint density at radius 2 is 1.06 bits per heavy atom. The average molecular weight is 465 g/mol. The minimum absolute atomic E-state index is 0.149. The zero-order chi connectivity index (χ0) is 13.9. The van der Waals surface area contributed by atoms with Gasteiger partial charge in [-0.3, -0.25) is 0 Å². The van der Waals surface area contributed by atoms with Gasteiger partial charge in [0.05, 0.1) is 0 Å². The quantitative estimate of drug-likeness (QED) is 0.243. The first-order valence-electron chi connectivity index (χ1n) is 8.18. The monoisotopic (exact) mass is 467 g/mol. The van der Waals surface area contributed by atoms with Gasteiger partial charge in [0.2, 0.25) is 0 Å². The first-order chi connectivity index (χ1) is 8.83. The molecule has 0 atom stereocenters. The Kier molecular flexibility index (Phi) is 28.8. The van der Waals surface area contributed by atoms with Crippen LogP contribution in [0.4, 0.5) is 0 Å². The second-order valence-electron chi connectivity index (χ2n) is 4.97. The van der Waals surface area contributed by atoms with Crippen molar-refractivity contribution in [2.75, 3.05) is 0 Å². The van der Waals surface area contributed by atoms with Gasteiger partial charge in [-0.1, -0.05) is 0 Å². The molecule has 0 heterocycles. The molecule has 0 amide bonds. The van der Waals surface area contributed by atoms with Crippen LogP contribution in [0.25, 0.3) is 0 Å². The molecule has 0 unspecified atom stereocenters. The van der Waals surface area contributed by atoms with Crippen molar-refractivity contribution in [2.24, 2.45) is 0 Å². The van der Waals surface area contributed by atoms with E-state index in [1.54, 1.807) is 31.4 Å². The molecule has 0 N–H and O–H groups in total. The number of hydrogen-bond acceptors (Lipinski definition) is 0. The molecule has 0 saturated heterocycles. The Morgan fingerprint density at radius 1 is 0.611 bits per heavy atom. The molecule has 0 aromatic rings. The van der Waals surface area contributed by atoms with E-state index in [1.807, 2.05) is 0 Å². The molecule has 0 aliphatic carbocycles. The molecule has 0 saturated carbocycles. The molecule has 0 aliphatic heterocycles. The molecule has 5 radical (unpaired) electrons. The topological polar surface area (TPSA) is 0 Å². The van der Waals surface area contributed by atoms with Crippen molar-refractivity contribution >= 4 is 43.7 Å². The second kappa shape index (κ2) is 23.7. The van der Waals surface area contributed by atoms with Gasteiger partial charge < -0.3 is 0 Å². The molecule has 0 bridgehead atoms.